The summed E-state index contributed by atoms with van der Waals surface area (Å²) in [5.74, 6) is 1.47. The number of benzene rings is 2. The van der Waals surface area contributed by atoms with Gasteiger partial charge in [-0.15, -0.1) is 0 Å². The Morgan fingerprint density at radius 3 is 2.52 bits per heavy atom. The molecular weight excluding hydrogens is 701 g/mol. The number of aryl methyl sites for hydroxylation is 1. The molecule has 1 amide bonds. The van der Waals surface area contributed by atoms with Gasteiger partial charge in [-0.05, 0) is 79.7 Å². The number of fused-ring (bicyclic) bond motifs is 2. The van der Waals surface area contributed by atoms with Crippen LogP contribution in [0.1, 0.15) is 73.9 Å². The lowest BCUT2D eigenvalue weighted by molar-refractivity contribution is -0.0957. The molecule has 7 unspecified atom stereocenters. The summed E-state index contributed by atoms with van der Waals surface area (Å²) in [5, 5.41) is -0.226. The summed E-state index contributed by atoms with van der Waals surface area (Å²) in [6.45, 7) is 16.2. The third-order valence-electron chi connectivity index (χ3n) is 12.5. The Balaban J connectivity index is 1.29. The minimum Gasteiger partial charge on any atom is -0.491 e. The van der Waals surface area contributed by atoms with Gasteiger partial charge < -0.3 is 23.8 Å². The van der Waals surface area contributed by atoms with Gasteiger partial charge in [-0.25, -0.2) is 4.21 Å². The highest BCUT2D eigenvalue weighted by Gasteiger charge is 2.48. The van der Waals surface area contributed by atoms with Crippen LogP contribution < -0.4 is 14.4 Å². The van der Waals surface area contributed by atoms with E-state index in [1.807, 2.05) is 32.2 Å². The number of carbonyl (C=O) groups excluding carboxylic acids is 1. The topological polar surface area (TPSA) is 92.8 Å². The number of carbonyl (C=O) groups is 1. The number of methoxy groups -OCH3 is 2. The van der Waals surface area contributed by atoms with Crippen molar-refractivity contribution in [1.82, 2.24) is 14.5 Å². The van der Waals surface area contributed by atoms with Gasteiger partial charge in [0.1, 0.15) is 22.3 Å². The molecule has 54 heavy (non-hydrogen) atoms. The van der Waals surface area contributed by atoms with Crippen LogP contribution in [0, 0.1) is 17.8 Å². The standard InChI is InChI=1S/C43H64N4O6S/c1-6-10-34-12-7-8-13-38(34)37-29-47-28-36-14-16-39(36)43(51-5,31-46-21-19-45(20-22-46)23-24-52-26-25-50-4)18-9-11-32(2)33(3)54(49)44-42(48)35-15-17-41(53-30-37)40(47)27-35/h7-9,12-13,15,17-18,27,32-33,36-37,39H,6,10-11,14,16,19-26,28-31H2,1-5H3,(H,44,48)/b18-9+. The molecule has 7 atom stereocenters. The summed E-state index contributed by atoms with van der Waals surface area (Å²) in [6, 6.07) is 14.5. The second-order valence-corrected chi connectivity index (χ2v) is 17.5. The molecule has 6 rings (SSSR count). The van der Waals surface area contributed by atoms with Gasteiger partial charge in [0.15, 0.2) is 0 Å². The molecule has 11 heteroatoms. The van der Waals surface area contributed by atoms with E-state index in [4.69, 9.17) is 18.9 Å². The lowest BCUT2D eigenvalue weighted by Gasteiger charge is -2.52. The second-order valence-electron chi connectivity index (χ2n) is 15.9. The molecule has 1 N–H and O–H groups in total. The normalized spacial score (nSPS) is 30.4. The van der Waals surface area contributed by atoms with Gasteiger partial charge in [0.2, 0.25) is 0 Å². The first-order chi connectivity index (χ1) is 26.2. The maximum Gasteiger partial charge on any atom is 0.263 e. The van der Waals surface area contributed by atoms with Crippen LogP contribution in [0.4, 0.5) is 5.69 Å². The number of nitrogens with zero attached hydrogens (tertiary/aromatic N) is 3. The number of nitrogens with one attached hydrogen (secondary N) is 1. The van der Waals surface area contributed by atoms with Crippen LogP contribution in [0.2, 0.25) is 0 Å². The van der Waals surface area contributed by atoms with E-state index in [1.165, 1.54) is 11.1 Å². The van der Waals surface area contributed by atoms with Crippen molar-refractivity contribution in [3.63, 3.8) is 0 Å². The van der Waals surface area contributed by atoms with E-state index in [0.29, 0.717) is 37.2 Å². The fourth-order valence-corrected chi connectivity index (χ4v) is 9.82. The first kappa shape index (κ1) is 40.9. The molecule has 3 aliphatic heterocycles. The van der Waals surface area contributed by atoms with E-state index in [9.17, 15) is 9.00 Å². The Hall–Kier alpha value is -2.80. The predicted octanol–water partition coefficient (Wildman–Crippen LogP) is 5.69. The van der Waals surface area contributed by atoms with Crippen LogP contribution in [0.15, 0.2) is 54.6 Å². The van der Waals surface area contributed by atoms with Gasteiger partial charge >= 0.3 is 0 Å². The van der Waals surface area contributed by atoms with E-state index in [-0.39, 0.29) is 23.0 Å². The zero-order chi connectivity index (χ0) is 38.1. The molecule has 1 saturated carbocycles. The second kappa shape index (κ2) is 19.4. The van der Waals surface area contributed by atoms with Crippen LogP contribution in [0.3, 0.4) is 0 Å². The van der Waals surface area contributed by atoms with Crippen LogP contribution in [0.25, 0.3) is 0 Å². The molecule has 10 nitrogen and oxygen atoms in total. The molecule has 3 heterocycles. The zero-order valence-electron chi connectivity index (χ0n) is 33.3. The van der Waals surface area contributed by atoms with Gasteiger partial charge in [0.25, 0.3) is 5.91 Å². The largest absolute Gasteiger partial charge is 0.491 e. The number of hydrogen-bond donors (Lipinski definition) is 1. The Morgan fingerprint density at radius 1 is 0.981 bits per heavy atom. The molecule has 1 aliphatic carbocycles. The van der Waals surface area contributed by atoms with Crippen molar-refractivity contribution in [1.29, 1.82) is 0 Å². The molecule has 2 aromatic carbocycles. The van der Waals surface area contributed by atoms with Crippen molar-refractivity contribution in [2.45, 2.75) is 69.6 Å². The van der Waals surface area contributed by atoms with Crippen molar-refractivity contribution in [3.8, 4) is 5.75 Å². The number of ether oxygens (including phenoxy) is 4. The maximum absolute atomic E-state index is 13.6. The fraction of sp³-hybridized carbons (Fsp3) is 0.651. The molecule has 0 aromatic heterocycles. The van der Waals surface area contributed by atoms with Crippen molar-refractivity contribution in [3.05, 3.63) is 71.3 Å². The molecule has 2 aromatic rings. The number of anilines is 1. The van der Waals surface area contributed by atoms with Crippen LogP contribution in [-0.4, -0.2) is 124 Å². The first-order valence-electron chi connectivity index (χ1n) is 20.3. The summed E-state index contributed by atoms with van der Waals surface area (Å²) in [4.78, 5) is 21.1. The number of rotatable bonds is 12. The quantitative estimate of drug-likeness (QED) is 0.216. The van der Waals surface area contributed by atoms with Crippen molar-refractivity contribution >= 4 is 22.6 Å². The average molecular weight is 765 g/mol. The van der Waals surface area contributed by atoms with Crippen molar-refractivity contribution < 1.29 is 28.0 Å². The van der Waals surface area contributed by atoms with Crippen LogP contribution in [0.5, 0.6) is 5.75 Å². The predicted molar refractivity (Wildman–Crippen MR) is 217 cm³/mol. The van der Waals surface area contributed by atoms with Crippen molar-refractivity contribution in [2.24, 2.45) is 17.8 Å². The Labute approximate surface area is 326 Å². The summed E-state index contributed by atoms with van der Waals surface area (Å²) in [6.07, 6.45) is 9.69. The smallest absolute Gasteiger partial charge is 0.263 e. The highest BCUT2D eigenvalue weighted by atomic mass is 32.2. The van der Waals surface area contributed by atoms with E-state index < -0.39 is 16.6 Å². The molecule has 0 radical (unpaired) electrons. The number of amides is 1. The number of piperazine rings is 1. The molecule has 2 fully saturated rings. The Bertz CT molecular complexity index is 1580. The highest BCUT2D eigenvalue weighted by Crippen LogP contribution is 2.47. The highest BCUT2D eigenvalue weighted by molar-refractivity contribution is 7.84. The minimum absolute atomic E-state index is 0.0974. The molecule has 4 aliphatic rings. The SMILES string of the molecule is CCCc1ccccc1C1COc2ccc3cc2N(C1)CC1CCC1C(CN1CCN(CCOCCOC)CC1)(OC)/C=C/CC(C)C(C)S(=O)NC3=O. The number of hydrogen-bond acceptors (Lipinski definition) is 9. The first-order valence-corrected chi connectivity index (χ1v) is 21.5. The maximum atomic E-state index is 13.6. The van der Waals surface area contributed by atoms with Crippen LogP contribution >= 0.6 is 0 Å². The summed E-state index contributed by atoms with van der Waals surface area (Å²) in [5.41, 5.74) is 3.70. The van der Waals surface area contributed by atoms with Gasteiger partial charge in [0.05, 0.1) is 37.4 Å². The van der Waals surface area contributed by atoms with Gasteiger partial charge in [-0.3, -0.25) is 19.3 Å². The number of allylic oxidation sites excluding steroid dienone is 1. The van der Waals surface area contributed by atoms with E-state index in [0.717, 1.165) is 103 Å². The van der Waals surface area contributed by atoms with E-state index >= 15 is 0 Å². The third-order valence-corrected chi connectivity index (χ3v) is 14.0. The monoisotopic (exact) mass is 764 g/mol. The fourth-order valence-electron chi connectivity index (χ4n) is 8.80. The Morgan fingerprint density at radius 2 is 1.78 bits per heavy atom. The zero-order valence-corrected chi connectivity index (χ0v) is 34.1. The third kappa shape index (κ3) is 9.76. The molecular formula is C43H64N4O6S. The summed E-state index contributed by atoms with van der Waals surface area (Å²) in [7, 11) is 2.05. The molecule has 298 valence electrons. The van der Waals surface area contributed by atoms with Gasteiger partial charge in [0, 0.05) is 78.1 Å². The molecule has 1 saturated heterocycles. The molecule has 2 bridgehead atoms. The lowest BCUT2D eigenvalue weighted by Crippen LogP contribution is -2.58. The van der Waals surface area contributed by atoms with E-state index in [1.54, 1.807) is 7.11 Å². The van der Waals surface area contributed by atoms with Crippen LogP contribution in [-0.2, 0) is 31.6 Å². The summed E-state index contributed by atoms with van der Waals surface area (Å²) >= 11 is 0. The molecule has 0 spiro atoms. The minimum atomic E-state index is -1.54. The van der Waals surface area contributed by atoms with Crippen molar-refractivity contribution in [2.75, 3.05) is 97.9 Å². The van der Waals surface area contributed by atoms with Gasteiger partial charge in [-0.2, -0.15) is 0 Å². The summed E-state index contributed by atoms with van der Waals surface area (Å²) < 4.78 is 40.5. The van der Waals surface area contributed by atoms with E-state index in [2.05, 4.69) is 69.7 Å². The average Bonchev–Trinajstić information content (AvgIpc) is 3.35. The van der Waals surface area contributed by atoms with Gasteiger partial charge in [-0.1, -0.05) is 56.7 Å². The lowest BCUT2D eigenvalue weighted by atomic mass is 9.63. The Kier molecular flexibility index (Phi) is 14.7.